The van der Waals surface area contributed by atoms with Gasteiger partial charge >= 0.3 is 0 Å². The first-order chi connectivity index (χ1) is 3.72. The van der Waals surface area contributed by atoms with E-state index in [1.165, 1.54) is 0 Å². The Morgan fingerprint density at radius 2 is 2.00 bits per heavy atom. The van der Waals surface area contributed by atoms with Crippen molar-refractivity contribution in [3.8, 4) is 0 Å². The SMILES string of the molecule is Fc1ccn(F)c1F. The lowest BCUT2D eigenvalue weighted by atomic mass is 10.6. The zero-order valence-corrected chi connectivity index (χ0v) is 3.74. The minimum Gasteiger partial charge on any atom is -0.202 e. The van der Waals surface area contributed by atoms with Crippen LogP contribution in [-0.2, 0) is 0 Å². The average molecular weight is 121 g/mol. The van der Waals surface area contributed by atoms with Gasteiger partial charge in [0.1, 0.15) is 0 Å². The molecule has 4 heteroatoms. The maximum absolute atomic E-state index is 11.7. The zero-order chi connectivity index (χ0) is 6.15. The highest BCUT2D eigenvalue weighted by Gasteiger charge is 2.04. The molecule has 1 aromatic rings. The summed E-state index contributed by atoms with van der Waals surface area (Å²) in [4.78, 5) is -0.421. The van der Waals surface area contributed by atoms with Crippen LogP contribution in [-0.4, -0.2) is 4.79 Å². The Labute approximate surface area is 43.3 Å². The van der Waals surface area contributed by atoms with E-state index in [-0.39, 0.29) is 0 Å². The molecule has 1 nitrogen and oxygen atoms in total. The van der Waals surface area contributed by atoms with Gasteiger partial charge in [0.05, 0.1) is 0 Å². The first kappa shape index (κ1) is 5.21. The van der Waals surface area contributed by atoms with Crippen molar-refractivity contribution in [3.63, 3.8) is 0 Å². The molecule has 1 aromatic heterocycles. The Hall–Kier alpha value is -0.930. The van der Waals surface area contributed by atoms with Crippen LogP contribution < -0.4 is 0 Å². The van der Waals surface area contributed by atoms with Gasteiger partial charge in [0, 0.05) is 6.20 Å². The lowest BCUT2D eigenvalue weighted by Crippen LogP contribution is -1.84. The lowest BCUT2D eigenvalue weighted by molar-refractivity contribution is 0.286. The third kappa shape index (κ3) is 0.576. The smallest absolute Gasteiger partial charge is 0.202 e. The Morgan fingerprint density at radius 3 is 2.12 bits per heavy atom. The van der Waals surface area contributed by atoms with Crippen molar-refractivity contribution >= 4 is 0 Å². The van der Waals surface area contributed by atoms with E-state index in [4.69, 9.17) is 0 Å². The molecule has 0 radical (unpaired) electrons. The first-order valence-electron chi connectivity index (χ1n) is 1.90. The molecule has 0 amide bonds. The summed E-state index contributed by atoms with van der Waals surface area (Å²) >= 11 is 0. The summed E-state index contributed by atoms with van der Waals surface area (Å²) in [7, 11) is 0. The number of rotatable bonds is 0. The molecule has 0 aliphatic rings. The van der Waals surface area contributed by atoms with Gasteiger partial charge in [-0.2, -0.15) is 9.18 Å². The van der Waals surface area contributed by atoms with Gasteiger partial charge in [-0.3, -0.25) is 0 Å². The molecule has 0 saturated carbocycles. The summed E-state index contributed by atoms with van der Waals surface area (Å²) in [5.74, 6) is -2.66. The minimum atomic E-state index is -1.48. The highest BCUT2D eigenvalue weighted by molar-refractivity contribution is 4.95. The van der Waals surface area contributed by atoms with Crippen molar-refractivity contribution in [1.29, 1.82) is 0 Å². The van der Waals surface area contributed by atoms with E-state index >= 15 is 0 Å². The quantitative estimate of drug-likeness (QED) is 0.490. The van der Waals surface area contributed by atoms with Crippen molar-refractivity contribution in [2.75, 3.05) is 0 Å². The molecule has 8 heavy (non-hydrogen) atoms. The van der Waals surface area contributed by atoms with Crippen LogP contribution in [0.5, 0.6) is 0 Å². The molecule has 1 heterocycles. The van der Waals surface area contributed by atoms with Crippen LogP contribution in [0.1, 0.15) is 0 Å². The van der Waals surface area contributed by atoms with Crippen molar-refractivity contribution in [1.82, 2.24) is 4.79 Å². The number of aromatic nitrogens is 1. The van der Waals surface area contributed by atoms with Crippen LogP contribution in [0.2, 0.25) is 0 Å². The normalized spacial score (nSPS) is 9.88. The van der Waals surface area contributed by atoms with Crippen LogP contribution in [0.4, 0.5) is 13.3 Å². The predicted molar refractivity (Wildman–Crippen MR) is 20.9 cm³/mol. The highest BCUT2D eigenvalue weighted by atomic mass is 19.2. The molecule has 0 aromatic carbocycles. The summed E-state index contributed by atoms with van der Waals surface area (Å²) in [6.45, 7) is 0. The molecule has 0 N–H and O–H groups in total. The van der Waals surface area contributed by atoms with Gasteiger partial charge in [-0.05, 0) is 6.07 Å². The molecular formula is C4H2F3N. The molecule has 1 rings (SSSR count). The van der Waals surface area contributed by atoms with E-state index in [1.807, 2.05) is 0 Å². The molecule has 0 aliphatic heterocycles. The van der Waals surface area contributed by atoms with Gasteiger partial charge in [0.2, 0.25) is 0 Å². The Morgan fingerprint density at radius 1 is 1.38 bits per heavy atom. The standard InChI is InChI=1S/C4H2F3N/c5-3-1-2-8(7)4(3)6/h1-2H. The highest BCUT2D eigenvalue weighted by Crippen LogP contribution is 2.04. The number of nitrogens with zero attached hydrogens (tertiary/aromatic N) is 1. The van der Waals surface area contributed by atoms with E-state index in [0.29, 0.717) is 12.3 Å². The van der Waals surface area contributed by atoms with Gasteiger partial charge in [0.15, 0.2) is 5.82 Å². The maximum atomic E-state index is 11.7. The topological polar surface area (TPSA) is 4.93 Å². The minimum absolute atomic E-state index is 0.421. The van der Waals surface area contributed by atoms with E-state index in [1.54, 1.807) is 0 Å². The van der Waals surface area contributed by atoms with Crippen LogP contribution in [0, 0.1) is 11.8 Å². The van der Waals surface area contributed by atoms with Gasteiger partial charge in [-0.1, -0.05) is 4.48 Å². The fraction of sp³-hybridized carbons (Fsp3) is 0. The number of halogens is 3. The molecule has 0 aliphatic carbocycles. The van der Waals surface area contributed by atoms with Crippen molar-refractivity contribution in [3.05, 3.63) is 24.0 Å². The van der Waals surface area contributed by atoms with Crippen molar-refractivity contribution < 1.29 is 13.3 Å². The third-order valence-electron chi connectivity index (χ3n) is 0.736. The second-order valence-corrected chi connectivity index (χ2v) is 1.27. The largest absolute Gasteiger partial charge is 0.257 e. The summed E-state index contributed by atoms with van der Waals surface area (Å²) in [6, 6.07) is 0.704. The van der Waals surface area contributed by atoms with Gasteiger partial charge in [-0.15, -0.1) is 0 Å². The second kappa shape index (κ2) is 1.54. The Bertz CT molecular complexity index is 174. The number of hydrogen-bond acceptors (Lipinski definition) is 0. The average Bonchev–Trinajstić information content (AvgIpc) is 1.98. The molecule has 0 unspecified atom stereocenters. The maximum Gasteiger partial charge on any atom is 0.257 e. The summed E-state index contributed by atoms with van der Waals surface area (Å²) < 4.78 is 35.0. The zero-order valence-electron chi connectivity index (χ0n) is 3.74. The van der Waals surface area contributed by atoms with Crippen LogP contribution in [0.25, 0.3) is 0 Å². The molecule has 0 bridgehead atoms. The Balaban J connectivity index is 3.19. The molecule has 0 atom stereocenters. The molecular weight excluding hydrogens is 119 g/mol. The van der Waals surface area contributed by atoms with E-state index < -0.39 is 16.6 Å². The van der Waals surface area contributed by atoms with Crippen LogP contribution >= 0.6 is 0 Å². The summed E-state index contributed by atoms with van der Waals surface area (Å²) in [5.41, 5.74) is 0. The number of hydrogen-bond donors (Lipinski definition) is 0. The third-order valence-corrected chi connectivity index (χ3v) is 0.736. The van der Waals surface area contributed by atoms with Gasteiger partial charge in [-0.25, -0.2) is 4.39 Å². The van der Waals surface area contributed by atoms with Gasteiger partial charge in [0.25, 0.3) is 5.95 Å². The molecule has 0 saturated heterocycles. The van der Waals surface area contributed by atoms with Crippen LogP contribution in [0.15, 0.2) is 12.3 Å². The summed E-state index contributed by atoms with van der Waals surface area (Å²) in [5, 5.41) is 0. The fourth-order valence-electron chi connectivity index (χ4n) is 0.367. The van der Waals surface area contributed by atoms with Crippen LogP contribution in [0.3, 0.4) is 0 Å². The fourth-order valence-corrected chi connectivity index (χ4v) is 0.367. The van der Waals surface area contributed by atoms with Gasteiger partial charge < -0.3 is 0 Å². The lowest BCUT2D eigenvalue weighted by Gasteiger charge is -1.80. The van der Waals surface area contributed by atoms with E-state index in [2.05, 4.69) is 0 Å². The van der Waals surface area contributed by atoms with Crippen molar-refractivity contribution in [2.24, 2.45) is 0 Å². The Kier molecular flexibility index (Phi) is 1.00. The first-order valence-corrected chi connectivity index (χ1v) is 1.90. The summed E-state index contributed by atoms with van der Waals surface area (Å²) in [6.07, 6.45) is 0.657. The predicted octanol–water partition coefficient (Wildman–Crippen LogP) is 1.50. The molecule has 0 fully saturated rings. The van der Waals surface area contributed by atoms with E-state index in [0.717, 1.165) is 0 Å². The molecule has 0 spiro atoms. The monoisotopic (exact) mass is 121 g/mol. The second-order valence-electron chi connectivity index (χ2n) is 1.27. The van der Waals surface area contributed by atoms with Crippen molar-refractivity contribution in [2.45, 2.75) is 0 Å². The molecule has 44 valence electrons. The van der Waals surface area contributed by atoms with E-state index in [9.17, 15) is 13.3 Å².